The lowest BCUT2D eigenvalue weighted by atomic mass is 10.0. The van der Waals surface area contributed by atoms with E-state index in [0.29, 0.717) is 18.0 Å². The molecule has 0 aliphatic heterocycles. The molecule has 24 heavy (non-hydrogen) atoms. The van der Waals surface area contributed by atoms with Crippen LogP contribution in [0.2, 0.25) is 0 Å². The van der Waals surface area contributed by atoms with Gasteiger partial charge in [0.25, 0.3) is 5.91 Å². The average Bonchev–Trinajstić information content (AvgIpc) is 3.22. The Labute approximate surface area is 143 Å². The predicted octanol–water partition coefficient (Wildman–Crippen LogP) is 1.29. The lowest BCUT2D eigenvalue weighted by Crippen LogP contribution is -2.40. The van der Waals surface area contributed by atoms with Crippen molar-refractivity contribution in [3.05, 3.63) is 29.3 Å². The Balaban J connectivity index is 1.79. The van der Waals surface area contributed by atoms with Crippen molar-refractivity contribution >= 4 is 15.9 Å². The zero-order chi connectivity index (χ0) is 17.3. The second kappa shape index (κ2) is 6.82. The van der Waals surface area contributed by atoms with Crippen LogP contribution in [0.5, 0.6) is 0 Å². The van der Waals surface area contributed by atoms with Gasteiger partial charge in [0, 0.05) is 17.6 Å². The van der Waals surface area contributed by atoms with Crippen molar-refractivity contribution in [2.75, 3.05) is 6.54 Å². The molecule has 0 spiro atoms. The summed E-state index contributed by atoms with van der Waals surface area (Å²) in [7, 11) is -3.56. The molecule has 1 aromatic rings. The molecule has 2 aliphatic carbocycles. The number of sulfonamides is 1. The maximum Gasteiger partial charge on any atom is 0.251 e. The average molecular weight is 351 g/mol. The van der Waals surface area contributed by atoms with Crippen molar-refractivity contribution in [1.29, 1.82) is 0 Å². The minimum atomic E-state index is -3.56. The fourth-order valence-electron chi connectivity index (χ4n) is 3.26. The van der Waals surface area contributed by atoms with Crippen LogP contribution in [-0.2, 0) is 10.0 Å². The predicted molar refractivity (Wildman–Crippen MR) is 92.2 cm³/mol. The van der Waals surface area contributed by atoms with Crippen molar-refractivity contribution < 1.29 is 13.2 Å². The van der Waals surface area contributed by atoms with Gasteiger partial charge < -0.3 is 11.1 Å². The summed E-state index contributed by atoms with van der Waals surface area (Å²) in [4.78, 5) is 12.8. The maximum atomic E-state index is 12.6. The molecule has 2 aliphatic rings. The second-order valence-electron chi connectivity index (χ2n) is 6.88. The Morgan fingerprint density at radius 1 is 1.25 bits per heavy atom. The largest absolute Gasteiger partial charge is 0.349 e. The normalized spacial score (nSPS) is 24.1. The van der Waals surface area contributed by atoms with Crippen LogP contribution >= 0.6 is 0 Å². The van der Waals surface area contributed by atoms with Gasteiger partial charge in [0.2, 0.25) is 10.0 Å². The molecule has 2 saturated carbocycles. The summed E-state index contributed by atoms with van der Waals surface area (Å²) >= 11 is 0. The highest BCUT2D eigenvalue weighted by Crippen LogP contribution is 2.26. The van der Waals surface area contributed by atoms with E-state index in [9.17, 15) is 13.2 Å². The smallest absolute Gasteiger partial charge is 0.251 e. The summed E-state index contributed by atoms with van der Waals surface area (Å²) in [5.41, 5.74) is 6.94. The van der Waals surface area contributed by atoms with E-state index in [-0.39, 0.29) is 22.9 Å². The number of carbonyl (C=O) groups excluding carboxylic acids is 1. The molecule has 6 nitrogen and oxygen atoms in total. The molecule has 132 valence electrons. The standard InChI is InChI=1S/C17H25N3O3S/c1-11-5-8-14(24(22,23)20-13-6-7-13)9-15(11)17(21)19-16-4-2-3-12(16)10-18/h5,8-9,12-13,16,20H,2-4,6-7,10,18H2,1H3,(H,19,21). The van der Waals surface area contributed by atoms with Crippen LogP contribution in [0, 0.1) is 12.8 Å². The fourth-order valence-corrected chi connectivity index (χ4v) is 4.59. The number of hydrogen-bond acceptors (Lipinski definition) is 4. The van der Waals surface area contributed by atoms with Gasteiger partial charge in [0.15, 0.2) is 0 Å². The zero-order valence-electron chi connectivity index (χ0n) is 13.9. The summed E-state index contributed by atoms with van der Waals surface area (Å²) in [6, 6.07) is 4.83. The summed E-state index contributed by atoms with van der Waals surface area (Å²) in [5, 5.41) is 3.03. The molecule has 1 amide bonds. The van der Waals surface area contributed by atoms with E-state index in [1.807, 2.05) is 6.92 Å². The van der Waals surface area contributed by atoms with Crippen molar-refractivity contribution in [3.63, 3.8) is 0 Å². The van der Waals surface area contributed by atoms with Crippen molar-refractivity contribution in [1.82, 2.24) is 10.0 Å². The minimum absolute atomic E-state index is 0.0392. The lowest BCUT2D eigenvalue weighted by molar-refractivity contribution is 0.0928. The first kappa shape index (κ1) is 17.4. The number of nitrogens with one attached hydrogen (secondary N) is 2. The number of benzene rings is 1. The van der Waals surface area contributed by atoms with Gasteiger partial charge in [-0.25, -0.2) is 13.1 Å². The topological polar surface area (TPSA) is 101 Å². The SMILES string of the molecule is Cc1ccc(S(=O)(=O)NC2CC2)cc1C(=O)NC1CCCC1CN. The Bertz CT molecular complexity index is 729. The molecule has 4 N–H and O–H groups in total. The number of rotatable bonds is 6. The van der Waals surface area contributed by atoms with Crippen molar-refractivity contribution in [2.45, 2.75) is 56.0 Å². The van der Waals surface area contributed by atoms with E-state index in [4.69, 9.17) is 5.73 Å². The lowest BCUT2D eigenvalue weighted by Gasteiger charge is -2.20. The van der Waals surface area contributed by atoms with Crippen LogP contribution < -0.4 is 15.8 Å². The highest BCUT2D eigenvalue weighted by atomic mass is 32.2. The third-order valence-electron chi connectivity index (χ3n) is 4.94. The summed E-state index contributed by atoms with van der Waals surface area (Å²) in [6.07, 6.45) is 4.76. The highest BCUT2D eigenvalue weighted by molar-refractivity contribution is 7.89. The van der Waals surface area contributed by atoms with Gasteiger partial charge >= 0.3 is 0 Å². The molecule has 0 bridgehead atoms. The number of carbonyl (C=O) groups is 1. The van der Waals surface area contributed by atoms with Crippen LogP contribution in [0.4, 0.5) is 0 Å². The van der Waals surface area contributed by atoms with Crippen LogP contribution in [0.1, 0.15) is 48.0 Å². The first-order valence-corrected chi connectivity index (χ1v) is 10.0. The van der Waals surface area contributed by atoms with E-state index < -0.39 is 10.0 Å². The van der Waals surface area contributed by atoms with Crippen molar-refractivity contribution in [2.24, 2.45) is 11.7 Å². The van der Waals surface area contributed by atoms with Gasteiger partial charge in [0.05, 0.1) is 4.90 Å². The number of hydrogen-bond donors (Lipinski definition) is 3. The number of nitrogens with two attached hydrogens (primary N) is 1. The van der Waals surface area contributed by atoms with Crippen LogP contribution in [-0.4, -0.2) is 33.0 Å². The zero-order valence-corrected chi connectivity index (χ0v) is 14.7. The van der Waals surface area contributed by atoms with E-state index in [1.54, 1.807) is 12.1 Å². The molecular weight excluding hydrogens is 326 g/mol. The Kier molecular flexibility index (Phi) is 4.94. The second-order valence-corrected chi connectivity index (χ2v) is 8.59. The van der Waals surface area contributed by atoms with E-state index in [1.165, 1.54) is 6.07 Å². The van der Waals surface area contributed by atoms with Gasteiger partial charge in [0.1, 0.15) is 0 Å². The summed E-state index contributed by atoms with van der Waals surface area (Å²) in [6.45, 7) is 2.37. The van der Waals surface area contributed by atoms with Gasteiger partial charge in [-0.3, -0.25) is 4.79 Å². The van der Waals surface area contributed by atoms with Gasteiger partial charge in [-0.1, -0.05) is 12.5 Å². The summed E-state index contributed by atoms with van der Waals surface area (Å²) < 4.78 is 27.3. The van der Waals surface area contributed by atoms with Crippen LogP contribution in [0.15, 0.2) is 23.1 Å². The molecular formula is C17H25N3O3S. The van der Waals surface area contributed by atoms with Crippen molar-refractivity contribution in [3.8, 4) is 0 Å². The fraction of sp³-hybridized carbons (Fsp3) is 0.588. The Morgan fingerprint density at radius 2 is 2.00 bits per heavy atom. The molecule has 0 aromatic heterocycles. The number of amides is 1. The molecule has 0 radical (unpaired) electrons. The van der Waals surface area contributed by atoms with Crippen LogP contribution in [0.25, 0.3) is 0 Å². The number of aryl methyl sites for hydroxylation is 1. The molecule has 1 aromatic carbocycles. The van der Waals surface area contributed by atoms with Gasteiger partial charge in [-0.05, 0) is 62.8 Å². The third-order valence-corrected chi connectivity index (χ3v) is 6.46. The quantitative estimate of drug-likeness (QED) is 0.719. The third kappa shape index (κ3) is 3.79. The molecule has 0 heterocycles. The van der Waals surface area contributed by atoms with Crippen LogP contribution in [0.3, 0.4) is 0 Å². The molecule has 3 rings (SSSR count). The molecule has 7 heteroatoms. The minimum Gasteiger partial charge on any atom is -0.349 e. The molecule has 2 atom stereocenters. The Hall–Kier alpha value is -1.44. The molecule has 2 unspecified atom stereocenters. The maximum absolute atomic E-state index is 12.6. The first-order chi connectivity index (χ1) is 11.4. The van der Waals surface area contributed by atoms with E-state index in [0.717, 1.165) is 37.7 Å². The molecule has 0 saturated heterocycles. The first-order valence-electron chi connectivity index (χ1n) is 8.54. The van der Waals surface area contributed by atoms with E-state index in [2.05, 4.69) is 10.0 Å². The van der Waals surface area contributed by atoms with Gasteiger partial charge in [-0.15, -0.1) is 0 Å². The van der Waals surface area contributed by atoms with Gasteiger partial charge in [-0.2, -0.15) is 0 Å². The van der Waals surface area contributed by atoms with E-state index >= 15 is 0 Å². The summed E-state index contributed by atoms with van der Waals surface area (Å²) in [5.74, 6) is 0.0824. The Morgan fingerprint density at radius 3 is 2.67 bits per heavy atom. The monoisotopic (exact) mass is 351 g/mol. The molecule has 2 fully saturated rings. The highest BCUT2D eigenvalue weighted by Gasteiger charge is 2.30.